The lowest BCUT2D eigenvalue weighted by atomic mass is 9.96. The summed E-state index contributed by atoms with van der Waals surface area (Å²) in [4.78, 5) is 16.8. The summed E-state index contributed by atoms with van der Waals surface area (Å²) < 4.78 is 6.99. The monoisotopic (exact) mass is 340 g/mol. The molecule has 3 heterocycles. The van der Waals surface area contributed by atoms with E-state index in [1.54, 1.807) is 56.7 Å². The average molecular weight is 340 g/mol. The number of pyridine rings is 1. The van der Waals surface area contributed by atoms with Crippen molar-refractivity contribution in [1.29, 1.82) is 0 Å². The van der Waals surface area contributed by atoms with E-state index in [-0.39, 0.29) is 12.5 Å². The Labute approximate surface area is 145 Å². The van der Waals surface area contributed by atoms with E-state index in [4.69, 9.17) is 4.42 Å². The van der Waals surface area contributed by atoms with Gasteiger partial charge in [0, 0.05) is 24.2 Å². The minimum Gasteiger partial charge on any atom is -0.466 e. The molecule has 0 saturated carbocycles. The van der Waals surface area contributed by atoms with E-state index in [0.29, 0.717) is 28.5 Å². The Morgan fingerprint density at radius 3 is 2.80 bits per heavy atom. The van der Waals surface area contributed by atoms with Crippen molar-refractivity contribution in [1.82, 2.24) is 20.1 Å². The van der Waals surface area contributed by atoms with E-state index in [1.165, 1.54) is 4.68 Å². The van der Waals surface area contributed by atoms with E-state index in [0.717, 1.165) is 0 Å². The molecule has 0 fully saturated rings. The highest BCUT2D eigenvalue weighted by atomic mass is 16.3. The van der Waals surface area contributed by atoms with Gasteiger partial charge in [0.15, 0.2) is 5.82 Å². The Bertz CT molecular complexity index is 882. The standard InChI is InChI=1S/C18H20N4O3/c1-12-10-15(13(2)25-12)18(3,24)11-20-17(23)14-6-4-7-19-16(14)22-9-5-8-21-22/h4-10,24H,11H2,1-3H3,(H,20,23)/t18-/m1/s1. The van der Waals surface area contributed by atoms with Gasteiger partial charge >= 0.3 is 0 Å². The van der Waals surface area contributed by atoms with E-state index < -0.39 is 5.60 Å². The summed E-state index contributed by atoms with van der Waals surface area (Å²) in [5.41, 5.74) is -0.211. The number of nitrogens with zero attached hydrogens (tertiary/aromatic N) is 3. The van der Waals surface area contributed by atoms with Gasteiger partial charge in [-0.2, -0.15) is 5.10 Å². The Morgan fingerprint density at radius 1 is 1.36 bits per heavy atom. The first-order valence-corrected chi connectivity index (χ1v) is 7.91. The first kappa shape index (κ1) is 16.9. The maximum absolute atomic E-state index is 12.6. The minimum atomic E-state index is -1.24. The predicted octanol–water partition coefficient (Wildman–Crippen LogP) is 2.11. The molecule has 0 spiro atoms. The molecule has 1 amide bonds. The molecule has 0 aliphatic carbocycles. The van der Waals surface area contributed by atoms with Crippen LogP contribution in [0.1, 0.15) is 34.4 Å². The SMILES string of the molecule is Cc1cc([C@](C)(O)CNC(=O)c2cccnc2-n2cccn2)c(C)o1. The Balaban J connectivity index is 1.79. The molecule has 2 N–H and O–H groups in total. The van der Waals surface area contributed by atoms with E-state index in [9.17, 15) is 9.90 Å². The van der Waals surface area contributed by atoms with Crippen molar-refractivity contribution in [3.8, 4) is 5.82 Å². The summed E-state index contributed by atoms with van der Waals surface area (Å²) in [6, 6.07) is 6.89. The summed E-state index contributed by atoms with van der Waals surface area (Å²) in [5.74, 6) is 1.44. The van der Waals surface area contributed by atoms with Gasteiger partial charge in [0.2, 0.25) is 0 Å². The van der Waals surface area contributed by atoms with E-state index in [2.05, 4.69) is 15.4 Å². The third-order valence-corrected chi connectivity index (χ3v) is 3.97. The molecule has 0 radical (unpaired) electrons. The number of furan rings is 1. The quantitative estimate of drug-likeness (QED) is 0.742. The molecule has 3 aromatic rings. The molecule has 0 unspecified atom stereocenters. The summed E-state index contributed by atoms with van der Waals surface area (Å²) in [5, 5.41) is 17.6. The smallest absolute Gasteiger partial charge is 0.255 e. The van der Waals surface area contributed by atoms with Crippen molar-refractivity contribution < 1.29 is 14.3 Å². The minimum absolute atomic E-state index is 0.0408. The summed E-state index contributed by atoms with van der Waals surface area (Å²) in [6.07, 6.45) is 4.93. The number of hydrogen-bond donors (Lipinski definition) is 2. The number of aliphatic hydroxyl groups is 1. The maximum Gasteiger partial charge on any atom is 0.255 e. The van der Waals surface area contributed by atoms with Crippen LogP contribution in [0.15, 0.2) is 47.3 Å². The van der Waals surface area contributed by atoms with Gasteiger partial charge in [-0.1, -0.05) is 0 Å². The van der Waals surface area contributed by atoms with Crippen LogP contribution in [0.3, 0.4) is 0 Å². The molecule has 0 aliphatic rings. The van der Waals surface area contributed by atoms with Crippen LogP contribution in [-0.4, -0.2) is 32.3 Å². The molecule has 0 bridgehead atoms. The molecule has 130 valence electrons. The molecule has 3 rings (SSSR count). The number of aryl methyl sites for hydroxylation is 2. The number of carbonyl (C=O) groups excluding carboxylic acids is 1. The highest BCUT2D eigenvalue weighted by Crippen LogP contribution is 2.26. The molecule has 3 aromatic heterocycles. The van der Waals surface area contributed by atoms with Crippen molar-refractivity contribution in [2.24, 2.45) is 0 Å². The molecular weight excluding hydrogens is 320 g/mol. The van der Waals surface area contributed by atoms with Crippen LogP contribution in [0.2, 0.25) is 0 Å². The molecular formula is C18H20N4O3. The number of nitrogens with one attached hydrogen (secondary N) is 1. The van der Waals surface area contributed by atoms with Gasteiger partial charge in [-0.05, 0) is 45.0 Å². The number of amides is 1. The maximum atomic E-state index is 12.6. The molecule has 7 nitrogen and oxygen atoms in total. The zero-order chi connectivity index (χ0) is 18.0. The first-order valence-electron chi connectivity index (χ1n) is 7.91. The van der Waals surface area contributed by atoms with E-state index in [1.807, 2.05) is 6.92 Å². The highest BCUT2D eigenvalue weighted by Gasteiger charge is 2.28. The van der Waals surface area contributed by atoms with Gasteiger partial charge in [0.1, 0.15) is 17.1 Å². The normalized spacial score (nSPS) is 13.4. The lowest BCUT2D eigenvalue weighted by Crippen LogP contribution is -2.39. The third kappa shape index (κ3) is 3.46. The molecule has 0 saturated heterocycles. The third-order valence-electron chi connectivity index (χ3n) is 3.97. The van der Waals surface area contributed by atoms with Crippen LogP contribution < -0.4 is 5.32 Å². The Morgan fingerprint density at radius 2 is 2.16 bits per heavy atom. The fraction of sp³-hybridized carbons (Fsp3) is 0.278. The highest BCUT2D eigenvalue weighted by molar-refractivity contribution is 5.97. The van der Waals surface area contributed by atoms with Gasteiger partial charge in [0.25, 0.3) is 5.91 Å². The Kier molecular flexibility index (Phi) is 4.41. The summed E-state index contributed by atoms with van der Waals surface area (Å²) in [7, 11) is 0. The van der Waals surface area contributed by atoms with Crippen LogP contribution in [0.4, 0.5) is 0 Å². The molecule has 0 aliphatic heterocycles. The first-order chi connectivity index (χ1) is 11.9. The Hall–Kier alpha value is -2.93. The van der Waals surface area contributed by atoms with Crippen molar-refractivity contribution >= 4 is 5.91 Å². The lowest BCUT2D eigenvalue weighted by Gasteiger charge is -2.23. The second-order valence-corrected chi connectivity index (χ2v) is 6.11. The van der Waals surface area contributed by atoms with Crippen LogP contribution in [0.5, 0.6) is 0 Å². The molecule has 25 heavy (non-hydrogen) atoms. The van der Waals surface area contributed by atoms with Gasteiger partial charge in [-0.15, -0.1) is 0 Å². The molecule has 1 atom stereocenters. The predicted molar refractivity (Wildman–Crippen MR) is 91.4 cm³/mol. The zero-order valence-electron chi connectivity index (χ0n) is 14.4. The second kappa shape index (κ2) is 6.52. The van der Waals surface area contributed by atoms with Crippen LogP contribution in [0.25, 0.3) is 5.82 Å². The molecule has 0 aromatic carbocycles. The van der Waals surface area contributed by atoms with Crippen LogP contribution >= 0.6 is 0 Å². The number of aromatic nitrogens is 3. The van der Waals surface area contributed by atoms with E-state index >= 15 is 0 Å². The van der Waals surface area contributed by atoms with Gasteiger partial charge in [-0.3, -0.25) is 4.79 Å². The fourth-order valence-electron chi connectivity index (χ4n) is 2.76. The van der Waals surface area contributed by atoms with Crippen LogP contribution in [0, 0.1) is 13.8 Å². The molecule has 7 heteroatoms. The lowest BCUT2D eigenvalue weighted by molar-refractivity contribution is 0.0514. The van der Waals surface area contributed by atoms with Gasteiger partial charge in [-0.25, -0.2) is 9.67 Å². The second-order valence-electron chi connectivity index (χ2n) is 6.11. The summed E-state index contributed by atoms with van der Waals surface area (Å²) in [6.45, 7) is 5.29. The van der Waals surface area contributed by atoms with Crippen LogP contribution in [-0.2, 0) is 5.60 Å². The number of rotatable bonds is 5. The summed E-state index contributed by atoms with van der Waals surface area (Å²) >= 11 is 0. The zero-order valence-corrected chi connectivity index (χ0v) is 14.4. The van der Waals surface area contributed by atoms with Crippen molar-refractivity contribution in [3.63, 3.8) is 0 Å². The van der Waals surface area contributed by atoms with Crippen molar-refractivity contribution in [2.45, 2.75) is 26.4 Å². The van der Waals surface area contributed by atoms with Crippen molar-refractivity contribution in [3.05, 3.63) is 65.5 Å². The average Bonchev–Trinajstić information content (AvgIpc) is 3.22. The fourth-order valence-corrected chi connectivity index (χ4v) is 2.76. The topological polar surface area (TPSA) is 93.2 Å². The van der Waals surface area contributed by atoms with Crippen molar-refractivity contribution in [2.75, 3.05) is 6.54 Å². The number of carbonyl (C=O) groups is 1. The van der Waals surface area contributed by atoms with Gasteiger partial charge < -0.3 is 14.8 Å². The number of hydrogen-bond acceptors (Lipinski definition) is 5. The van der Waals surface area contributed by atoms with Gasteiger partial charge in [0.05, 0.1) is 12.1 Å². The largest absolute Gasteiger partial charge is 0.466 e.